The van der Waals surface area contributed by atoms with Crippen molar-refractivity contribution >= 4 is 0 Å². The van der Waals surface area contributed by atoms with Crippen LogP contribution < -0.4 is 5.32 Å². The molecule has 0 aromatic rings. The van der Waals surface area contributed by atoms with E-state index in [1.54, 1.807) is 0 Å². The third-order valence-corrected chi connectivity index (χ3v) is 4.48. The van der Waals surface area contributed by atoms with Crippen LogP contribution in [0.4, 0.5) is 0 Å². The van der Waals surface area contributed by atoms with Gasteiger partial charge in [-0.3, -0.25) is 4.90 Å². The van der Waals surface area contributed by atoms with Gasteiger partial charge in [-0.05, 0) is 32.6 Å². The highest BCUT2D eigenvalue weighted by molar-refractivity contribution is 5.00. The first-order chi connectivity index (χ1) is 9.04. The maximum absolute atomic E-state index is 9.78. The molecule has 0 bridgehead atoms. The van der Waals surface area contributed by atoms with Gasteiger partial charge in [0.1, 0.15) is 0 Å². The summed E-state index contributed by atoms with van der Waals surface area (Å²) in [5.41, 5.74) is -0.0603. The Bertz CT molecular complexity index is 285. The van der Waals surface area contributed by atoms with Crippen molar-refractivity contribution in [1.82, 2.24) is 10.2 Å². The Hall–Kier alpha value is -0.160. The van der Waals surface area contributed by atoms with Crippen LogP contribution in [0.5, 0.6) is 0 Å². The first kappa shape index (κ1) is 15.2. The Morgan fingerprint density at radius 3 is 2.95 bits per heavy atom. The van der Waals surface area contributed by atoms with E-state index in [-0.39, 0.29) is 12.1 Å². The number of nitrogens with zero attached hydrogens (tertiary/aromatic N) is 1. The molecule has 4 heteroatoms. The molecule has 0 aromatic heterocycles. The predicted octanol–water partition coefficient (Wildman–Crippen LogP) is 1.38. The van der Waals surface area contributed by atoms with Crippen LogP contribution in [-0.4, -0.2) is 60.0 Å². The topological polar surface area (TPSA) is 44.7 Å². The van der Waals surface area contributed by atoms with E-state index in [2.05, 4.69) is 31.0 Å². The van der Waals surface area contributed by atoms with Gasteiger partial charge in [-0.25, -0.2) is 0 Å². The van der Waals surface area contributed by atoms with Crippen molar-refractivity contribution in [2.24, 2.45) is 0 Å². The highest BCUT2D eigenvalue weighted by Crippen LogP contribution is 2.34. The third-order valence-electron chi connectivity index (χ3n) is 4.48. The highest BCUT2D eigenvalue weighted by atomic mass is 16.5. The number of hydrogen-bond donors (Lipinski definition) is 2. The zero-order chi connectivity index (χ0) is 13.9. The zero-order valence-corrected chi connectivity index (χ0v) is 12.7. The molecule has 0 radical (unpaired) electrons. The molecule has 19 heavy (non-hydrogen) atoms. The van der Waals surface area contributed by atoms with E-state index >= 15 is 0 Å². The van der Waals surface area contributed by atoms with E-state index < -0.39 is 0 Å². The minimum atomic E-state index is -0.0603. The van der Waals surface area contributed by atoms with Crippen LogP contribution in [0, 0.1) is 0 Å². The molecule has 4 nitrogen and oxygen atoms in total. The molecular formula is C15H30N2O2. The molecule has 0 spiro atoms. The summed E-state index contributed by atoms with van der Waals surface area (Å²) in [5.74, 6) is 0. The van der Waals surface area contributed by atoms with Crippen LogP contribution in [0.1, 0.15) is 46.5 Å². The molecule has 1 saturated carbocycles. The summed E-state index contributed by atoms with van der Waals surface area (Å²) in [7, 11) is 0. The summed E-state index contributed by atoms with van der Waals surface area (Å²) in [5, 5.41) is 13.4. The molecule has 3 atom stereocenters. The second-order valence-electron chi connectivity index (χ2n) is 6.66. The number of aliphatic hydroxyl groups excluding tert-OH is 1. The average molecular weight is 270 g/mol. The first-order valence-electron chi connectivity index (χ1n) is 7.79. The molecule has 1 heterocycles. The molecular weight excluding hydrogens is 240 g/mol. The second kappa shape index (κ2) is 6.53. The molecule has 1 aliphatic carbocycles. The smallest absolute Gasteiger partial charge is 0.0674 e. The third kappa shape index (κ3) is 3.91. The van der Waals surface area contributed by atoms with Gasteiger partial charge in [0.2, 0.25) is 0 Å². The fraction of sp³-hybridized carbons (Fsp3) is 1.00. The van der Waals surface area contributed by atoms with E-state index in [0.29, 0.717) is 18.2 Å². The summed E-state index contributed by atoms with van der Waals surface area (Å²) in [6.07, 6.45) is 4.80. The minimum Gasteiger partial charge on any atom is -0.394 e. The van der Waals surface area contributed by atoms with Crippen molar-refractivity contribution in [2.75, 3.05) is 26.3 Å². The molecule has 0 aromatic carbocycles. The molecule has 3 unspecified atom stereocenters. The summed E-state index contributed by atoms with van der Waals surface area (Å²) < 4.78 is 5.73. The van der Waals surface area contributed by atoms with Gasteiger partial charge in [-0.15, -0.1) is 0 Å². The van der Waals surface area contributed by atoms with Crippen LogP contribution in [0.15, 0.2) is 0 Å². The average Bonchev–Trinajstić information content (AvgIpc) is 2.64. The monoisotopic (exact) mass is 270 g/mol. The van der Waals surface area contributed by atoms with Crippen molar-refractivity contribution in [2.45, 2.75) is 70.2 Å². The van der Waals surface area contributed by atoms with Crippen molar-refractivity contribution in [3.63, 3.8) is 0 Å². The van der Waals surface area contributed by atoms with E-state index in [0.717, 1.165) is 39.0 Å². The van der Waals surface area contributed by atoms with Gasteiger partial charge in [0.15, 0.2) is 0 Å². The van der Waals surface area contributed by atoms with E-state index in [1.807, 2.05) is 0 Å². The summed E-state index contributed by atoms with van der Waals surface area (Å²) >= 11 is 0. The molecule has 112 valence electrons. The fourth-order valence-electron chi connectivity index (χ4n) is 3.70. The van der Waals surface area contributed by atoms with Crippen LogP contribution in [0.2, 0.25) is 0 Å². The van der Waals surface area contributed by atoms with Crippen LogP contribution >= 0.6 is 0 Å². The second-order valence-corrected chi connectivity index (χ2v) is 6.66. The van der Waals surface area contributed by atoms with Crippen molar-refractivity contribution < 1.29 is 9.84 Å². The van der Waals surface area contributed by atoms with Crippen LogP contribution in [-0.2, 0) is 4.74 Å². The van der Waals surface area contributed by atoms with Gasteiger partial charge in [-0.2, -0.15) is 0 Å². The van der Waals surface area contributed by atoms with Crippen molar-refractivity contribution in [3.05, 3.63) is 0 Å². The highest BCUT2D eigenvalue weighted by Gasteiger charge is 2.41. The minimum absolute atomic E-state index is 0.0603. The lowest BCUT2D eigenvalue weighted by atomic mass is 9.97. The Morgan fingerprint density at radius 1 is 1.47 bits per heavy atom. The lowest BCUT2D eigenvalue weighted by Gasteiger charge is -2.33. The van der Waals surface area contributed by atoms with E-state index in [9.17, 15) is 5.11 Å². The number of aliphatic hydroxyl groups is 1. The normalized spacial score (nSPS) is 37.7. The number of hydrogen-bond acceptors (Lipinski definition) is 4. The quantitative estimate of drug-likeness (QED) is 0.810. The Kier molecular flexibility index (Phi) is 5.23. The maximum atomic E-state index is 9.78. The fourth-order valence-corrected chi connectivity index (χ4v) is 3.70. The molecule has 2 fully saturated rings. The van der Waals surface area contributed by atoms with Gasteiger partial charge >= 0.3 is 0 Å². The number of nitrogens with one attached hydrogen (secondary N) is 1. The standard InChI is InChI=1S/C15H30N2O2/c1-12(2)16-15(11-18)6-5-14(9-15)17-7-4-8-19-13(3)10-17/h12-14,16,18H,4-11H2,1-3H3. The molecule has 1 aliphatic heterocycles. The Morgan fingerprint density at radius 2 is 2.26 bits per heavy atom. The van der Waals surface area contributed by atoms with Gasteiger partial charge < -0.3 is 15.2 Å². The van der Waals surface area contributed by atoms with Crippen LogP contribution in [0.3, 0.4) is 0 Å². The molecule has 2 rings (SSSR count). The zero-order valence-electron chi connectivity index (χ0n) is 12.7. The summed E-state index contributed by atoms with van der Waals surface area (Å²) in [6, 6.07) is 1.03. The largest absolute Gasteiger partial charge is 0.394 e. The van der Waals surface area contributed by atoms with Crippen molar-refractivity contribution in [3.8, 4) is 0 Å². The lowest BCUT2D eigenvalue weighted by Crippen LogP contribution is -2.51. The van der Waals surface area contributed by atoms with Crippen molar-refractivity contribution in [1.29, 1.82) is 0 Å². The summed E-state index contributed by atoms with van der Waals surface area (Å²) in [6.45, 7) is 9.80. The van der Waals surface area contributed by atoms with Gasteiger partial charge in [0, 0.05) is 37.3 Å². The SMILES string of the molecule is CC(C)NC1(CO)CCC(N2CCCOC(C)C2)C1. The van der Waals surface area contributed by atoms with Crippen LogP contribution in [0.25, 0.3) is 0 Å². The Balaban J connectivity index is 1.95. The van der Waals surface area contributed by atoms with Gasteiger partial charge in [-0.1, -0.05) is 13.8 Å². The summed E-state index contributed by atoms with van der Waals surface area (Å²) in [4.78, 5) is 2.58. The first-order valence-corrected chi connectivity index (χ1v) is 7.79. The van der Waals surface area contributed by atoms with E-state index in [1.165, 1.54) is 6.42 Å². The van der Waals surface area contributed by atoms with Gasteiger partial charge in [0.05, 0.1) is 12.7 Å². The Labute approximate surface area is 117 Å². The van der Waals surface area contributed by atoms with Gasteiger partial charge in [0.25, 0.3) is 0 Å². The van der Waals surface area contributed by atoms with E-state index in [4.69, 9.17) is 4.74 Å². The molecule has 2 N–H and O–H groups in total. The molecule has 2 aliphatic rings. The molecule has 1 saturated heterocycles. The number of rotatable bonds is 4. The number of ether oxygens (including phenoxy) is 1. The maximum Gasteiger partial charge on any atom is 0.0674 e. The molecule has 0 amide bonds. The lowest BCUT2D eigenvalue weighted by molar-refractivity contribution is 0.0591. The predicted molar refractivity (Wildman–Crippen MR) is 77.3 cm³/mol.